The van der Waals surface area contributed by atoms with Crippen LogP contribution in [0.25, 0.3) is 6.08 Å². The number of hydrogen-bond acceptors (Lipinski definition) is 3. The molecule has 0 atom stereocenters. The molecule has 1 heterocycles. The molecule has 0 aliphatic rings. The number of aryl methyl sites for hydroxylation is 1. The van der Waals surface area contributed by atoms with Crippen molar-refractivity contribution >= 4 is 6.08 Å². The maximum absolute atomic E-state index is 8.48. The molecule has 62 valence electrons. The van der Waals surface area contributed by atoms with E-state index in [1.165, 1.54) is 6.08 Å². The summed E-state index contributed by atoms with van der Waals surface area (Å²) in [6.45, 7) is 1.88. The molecule has 0 aliphatic carbocycles. The monoisotopic (exact) mass is 169 g/mol. The summed E-state index contributed by atoms with van der Waals surface area (Å²) in [5.74, 6) is 0. The molecule has 0 saturated carbocycles. The first-order valence-electron chi connectivity index (χ1n) is 3.71. The summed E-state index contributed by atoms with van der Waals surface area (Å²) < 4.78 is 0. The van der Waals surface area contributed by atoms with Crippen molar-refractivity contribution in [3.63, 3.8) is 0 Å². The van der Waals surface area contributed by atoms with Gasteiger partial charge in [-0.1, -0.05) is 6.07 Å². The fourth-order valence-electron chi connectivity index (χ4n) is 0.821. The molecule has 3 nitrogen and oxygen atoms in total. The average Bonchev–Trinajstić information content (AvgIpc) is 2.17. The second-order valence-electron chi connectivity index (χ2n) is 2.51. The number of hydrogen-bond donors (Lipinski definition) is 0. The van der Waals surface area contributed by atoms with Crippen molar-refractivity contribution in [3.8, 4) is 12.1 Å². The Morgan fingerprint density at radius 2 is 2.08 bits per heavy atom. The van der Waals surface area contributed by atoms with Gasteiger partial charge >= 0.3 is 0 Å². The SMILES string of the molecule is Cc1ccc(C=C(C#N)C#N)cn1. The predicted octanol–water partition coefficient (Wildman–Crippen LogP) is 1.82. The van der Waals surface area contributed by atoms with Gasteiger partial charge in [0.1, 0.15) is 17.7 Å². The van der Waals surface area contributed by atoms with Crippen molar-refractivity contribution in [2.45, 2.75) is 6.92 Å². The van der Waals surface area contributed by atoms with E-state index in [1.54, 1.807) is 18.3 Å². The Morgan fingerprint density at radius 1 is 1.38 bits per heavy atom. The normalized spacial score (nSPS) is 8.23. The Balaban J connectivity index is 3.00. The Bertz CT molecular complexity index is 385. The minimum absolute atomic E-state index is 0.0886. The second-order valence-corrected chi connectivity index (χ2v) is 2.51. The third-order valence-electron chi connectivity index (χ3n) is 1.49. The van der Waals surface area contributed by atoms with Crippen LogP contribution in [0.5, 0.6) is 0 Å². The molecule has 0 unspecified atom stereocenters. The smallest absolute Gasteiger partial charge is 0.130 e. The quantitative estimate of drug-likeness (QED) is 0.602. The summed E-state index contributed by atoms with van der Waals surface area (Å²) in [6.07, 6.45) is 3.14. The summed E-state index contributed by atoms with van der Waals surface area (Å²) in [5, 5.41) is 17.0. The predicted molar refractivity (Wildman–Crippen MR) is 48.2 cm³/mol. The number of nitrogens with zero attached hydrogens (tertiary/aromatic N) is 3. The third-order valence-corrected chi connectivity index (χ3v) is 1.49. The molecule has 0 aliphatic heterocycles. The lowest BCUT2D eigenvalue weighted by Crippen LogP contribution is -1.81. The van der Waals surface area contributed by atoms with Gasteiger partial charge in [-0.25, -0.2) is 0 Å². The van der Waals surface area contributed by atoms with Gasteiger partial charge in [0.05, 0.1) is 0 Å². The van der Waals surface area contributed by atoms with Crippen molar-refractivity contribution < 1.29 is 0 Å². The second kappa shape index (κ2) is 4.04. The third kappa shape index (κ3) is 2.43. The molecule has 0 saturated heterocycles. The molecule has 0 amide bonds. The summed E-state index contributed by atoms with van der Waals surface area (Å²) in [7, 11) is 0. The van der Waals surface area contributed by atoms with Crippen LogP contribution in [0.4, 0.5) is 0 Å². The minimum Gasteiger partial charge on any atom is -0.261 e. The van der Waals surface area contributed by atoms with Crippen molar-refractivity contribution in [3.05, 3.63) is 35.2 Å². The van der Waals surface area contributed by atoms with Gasteiger partial charge in [-0.2, -0.15) is 10.5 Å². The molecule has 1 aromatic rings. The van der Waals surface area contributed by atoms with Crippen LogP contribution >= 0.6 is 0 Å². The number of allylic oxidation sites excluding steroid dienone is 1. The zero-order chi connectivity index (χ0) is 9.68. The number of aromatic nitrogens is 1. The Labute approximate surface area is 76.6 Å². The van der Waals surface area contributed by atoms with Crippen LogP contribution in [-0.2, 0) is 0 Å². The van der Waals surface area contributed by atoms with E-state index in [2.05, 4.69) is 4.98 Å². The maximum Gasteiger partial charge on any atom is 0.130 e. The zero-order valence-electron chi connectivity index (χ0n) is 7.15. The molecule has 0 N–H and O–H groups in total. The van der Waals surface area contributed by atoms with Crippen LogP contribution in [0, 0.1) is 29.6 Å². The topological polar surface area (TPSA) is 60.5 Å². The first-order valence-corrected chi connectivity index (χ1v) is 3.71. The highest BCUT2D eigenvalue weighted by Gasteiger charge is 1.93. The average molecular weight is 169 g/mol. The van der Waals surface area contributed by atoms with E-state index in [0.29, 0.717) is 0 Å². The van der Waals surface area contributed by atoms with E-state index in [9.17, 15) is 0 Å². The highest BCUT2D eigenvalue weighted by Crippen LogP contribution is 2.04. The van der Waals surface area contributed by atoms with E-state index in [4.69, 9.17) is 10.5 Å². The molecule has 0 spiro atoms. The first kappa shape index (κ1) is 8.96. The molecule has 0 fully saturated rings. The number of pyridine rings is 1. The van der Waals surface area contributed by atoms with Crippen molar-refractivity contribution in [1.29, 1.82) is 10.5 Å². The van der Waals surface area contributed by atoms with Gasteiger partial charge in [0.2, 0.25) is 0 Å². The van der Waals surface area contributed by atoms with Gasteiger partial charge in [0, 0.05) is 11.9 Å². The molecule has 1 rings (SSSR count). The number of nitriles is 2. The largest absolute Gasteiger partial charge is 0.261 e. The highest BCUT2D eigenvalue weighted by molar-refractivity contribution is 5.61. The molecule has 3 heteroatoms. The maximum atomic E-state index is 8.48. The Morgan fingerprint density at radius 3 is 2.54 bits per heavy atom. The number of rotatable bonds is 1. The van der Waals surface area contributed by atoms with Crippen LogP contribution in [0.2, 0.25) is 0 Å². The van der Waals surface area contributed by atoms with E-state index in [-0.39, 0.29) is 5.57 Å². The standard InChI is InChI=1S/C10H7N3/c1-8-2-3-9(7-13-8)4-10(5-11)6-12/h2-4,7H,1H3. The lowest BCUT2D eigenvalue weighted by molar-refractivity contribution is 1.19. The molecular weight excluding hydrogens is 162 g/mol. The molecule has 0 radical (unpaired) electrons. The minimum atomic E-state index is 0.0886. The Kier molecular flexibility index (Phi) is 2.78. The summed E-state index contributed by atoms with van der Waals surface area (Å²) >= 11 is 0. The fourth-order valence-corrected chi connectivity index (χ4v) is 0.821. The lowest BCUT2D eigenvalue weighted by Gasteiger charge is -1.92. The van der Waals surface area contributed by atoms with Gasteiger partial charge in [-0.05, 0) is 24.6 Å². The van der Waals surface area contributed by atoms with Crippen molar-refractivity contribution in [2.75, 3.05) is 0 Å². The van der Waals surface area contributed by atoms with E-state index in [1.807, 2.05) is 19.1 Å². The first-order chi connectivity index (χ1) is 6.26. The highest BCUT2D eigenvalue weighted by atomic mass is 14.6. The van der Waals surface area contributed by atoms with Gasteiger partial charge in [-0.3, -0.25) is 4.98 Å². The zero-order valence-corrected chi connectivity index (χ0v) is 7.15. The van der Waals surface area contributed by atoms with Gasteiger partial charge in [0.15, 0.2) is 0 Å². The van der Waals surface area contributed by atoms with Gasteiger partial charge < -0.3 is 0 Å². The van der Waals surface area contributed by atoms with Crippen LogP contribution in [0.1, 0.15) is 11.3 Å². The Hall–Kier alpha value is -2.13. The van der Waals surface area contributed by atoms with E-state index < -0.39 is 0 Å². The molecule has 1 aromatic heterocycles. The van der Waals surface area contributed by atoms with Crippen molar-refractivity contribution in [1.82, 2.24) is 4.98 Å². The van der Waals surface area contributed by atoms with E-state index >= 15 is 0 Å². The van der Waals surface area contributed by atoms with Crippen molar-refractivity contribution in [2.24, 2.45) is 0 Å². The van der Waals surface area contributed by atoms with E-state index in [0.717, 1.165) is 11.3 Å². The lowest BCUT2D eigenvalue weighted by atomic mass is 10.2. The molecular formula is C10H7N3. The van der Waals surface area contributed by atoms with Crippen LogP contribution in [0.15, 0.2) is 23.9 Å². The molecule has 0 aromatic carbocycles. The van der Waals surface area contributed by atoms with Gasteiger partial charge in [0.25, 0.3) is 0 Å². The van der Waals surface area contributed by atoms with Crippen LogP contribution < -0.4 is 0 Å². The van der Waals surface area contributed by atoms with Crippen LogP contribution in [0.3, 0.4) is 0 Å². The summed E-state index contributed by atoms with van der Waals surface area (Å²) in [4.78, 5) is 4.04. The fraction of sp³-hybridized carbons (Fsp3) is 0.100. The molecule has 0 bridgehead atoms. The van der Waals surface area contributed by atoms with Crippen LogP contribution in [-0.4, -0.2) is 4.98 Å². The van der Waals surface area contributed by atoms with Gasteiger partial charge in [-0.15, -0.1) is 0 Å². The summed E-state index contributed by atoms with van der Waals surface area (Å²) in [5.41, 5.74) is 1.77. The molecule has 13 heavy (non-hydrogen) atoms. The summed E-state index contributed by atoms with van der Waals surface area (Å²) in [6, 6.07) is 7.22.